The lowest BCUT2D eigenvalue weighted by molar-refractivity contribution is -0.150. The largest absolute Gasteiger partial charge is 0.465 e. The lowest BCUT2D eigenvalue weighted by atomic mass is 9.68. The van der Waals surface area contributed by atoms with E-state index in [4.69, 9.17) is 9.47 Å². The molecule has 2 aliphatic rings. The number of esters is 2. The second kappa shape index (κ2) is 14.7. The van der Waals surface area contributed by atoms with Crippen molar-refractivity contribution in [2.75, 3.05) is 13.2 Å². The summed E-state index contributed by atoms with van der Waals surface area (Å²) in [4.78, 5) is 23.7. The Morgan fingerprint density at radius 1 is 0.774 bits per heavy atom. The van der Waals surface area contributed by atoms with E-state index in [2.05, 4.69) is 13.5 Å². The van der Waals surface area contributed by atoms with Crippen molar-refractivity contribution >= 4 is 11.9 Å². The minimum absolute atomic E-state index is 0.0251. The maximum Gasteiger partial charge on any atom is 0.333 e. The third-order valence-electron chi connectivity index (χ3n) is 7.49. The molecule has 0 amide bonds. The zero-order chi connectivity index (χ0) is 22.5. The van der Waals surface area contributed by atoms with Gasteiger partial charge in [-0.05, 0) is 88.9 Å². The Morgan fingerprint density at radius 3 is 1.87 bits per heavy atom. The van der Waals surface area contributed by atoms with Crippen molar-refractivity contribution in [2.24, 2.45) is 23.7 Å². The van der Waals surface area contributed by atoms with Gasteiger partial charge < -0.3 is 9.47 Å². The highest BCUT2D eigenvalue weighted by molar-refractivity contribution is 5.86. The summed E-state index contributed by atoms with van der Waals surface area (Å²) in [7, 11) is 0. The molecule has 0 radical (unpaired) electrons. The molecule has 0 bridgehead atoms. The summed E-state index contributed by atoms with van der Waals surface area (Å²) >= 11 is 0. The zero-order valence-corrected chi connectivity index (χ0v) is 20.2. The van der Waals surface area contributed by atoms with Crippen molar-refractivity contribution in [1.29, 1.82) is 0 Å². The van der Waals surface area contributed by atoms with Gasteiger partial charge in [-0.15, -0.1) is 0 Å². The van der Waals surface area contributed by atoms with Crippen molar-refractivity contribution in [3.63, 3.8) is 0 Å². The van der Waals surface area contributed by atoms with Crippen molar-refractivity contribution in [3.05, 3.63) is 12.2 Å². The van der Waals surface area contributed by atoms with Crippen LogP contribution in [0.1, 0.15) is 110 Å². The molecule has 178 valence electrons. The third-order valence-corrected chi connectivity index (χ3v) is 7.49. The highest BCUT2D eigenvalue weighted by Crippen LogP contribution is 2.42. The predicted octanol–water partition coefficient (Wildman–Crippen LogP) is 7.01. The van der Waals surface area contributed by atoms with Crippen LogP contribution in [0, 0.1) is 23.7 Å². The molecule has 4 nitrogen and oxygen atoms in total. The van der Waals surface area contributed by atoms with Crippen molar-refractivity contribution in [2.45, 2.75) is 110 Å². The molecule has 0 atom stereocenters. The van der Waals surface area contributed by atoms with Crippen LogP contribution in [0.4, 0.5) is 0 Å². The van der Waals surface area contributed by atoms with Crippen molar-refractivity contribution < 1.29 is 19.1 Å². The average Bonchev–Trinajstić information content (AvgIpc) is 2.79. The SMILES string of the molecule is C=C(C)C(=O)OCCCCCCOC(=O)C1CCC(C2CCC(CCCC)CC2)CC1. The van der Waals surface area contributed by atoms with Crippen LogP contribution in [0.5, 0.6) is 0 Å². The van der Waals surface area contributed by atoms with Crippen LogP contribution in [-0.2, 0) is 19.1 Å². The maximum atomic E-state index is 12.4. The van der Waals surface area contributed by atoms with E-state index in [1.165, 1.54) is 57.8 Å². The van der Waals surface area contributed by atoms with Gasteiger partial charge in [0.1, 0.15) is 0 Å². The summed E-state index contributed by atoms with van der Waals surface area (Å²) in [6, 6.07) is 0. The van der Waals surface area contributed by atoms with Crippen LogP contribution in [0.3, 0.4) is 0 Å². The zero-order valence-electron chi connectivity index (χ0n) is 20.2. The Morgan fingerprint density at radius 2 is 1.32 bits per heavy atom. The number of carbonyl (C=O) groups excluding carboxylic acids is 2. The van der Waals surface area contributed by atoms with Gasteiger partial charge in [-0.25, -0.2) is 4.79 Å². The first-order valence-corrected chi connectivity index (χ1v) is 13.0. The van der Waals surface area contributed by atoms with E-state index in [1.807, 2.05) is 0 Å². The summed E-state index contributed by atoms with van der Waals surface area (Å²) in [5.74, 6) is 2.56. The van der Waals surface area contributed by atoms with Gasteiger partial charge in [-0.3, -0.25) is 4.79 Å². The fourth-order valence-corrected chi connectivity index (χ4v) is 5.40. The summed E-state index contributed by atoms with van der Waals surface area (Å²) in [6.07, 6.45) is 18.0. The third kappa shape index (κ3) is 9.78. The van der Waals surface area contributed by atoms with Crippen molar-refractivity contribution in [1.82, 2.24) is 0 Å². The standard InChI is InChI=1S/C27H46O4/c1-4-5-10-22-11-13-23(14-12-22)24-15-17-25(18-16-24)27(29)31-20-9-7-6-8-19-30-26(28)21(2)3/h22-25H,2,4-20H2,1,3H3. The highest BCUT2D eigenvalue weighted by Gasteiger charge is 2.33. The number of ether oxygens (including phenoxy) is 2. The fourth-order valence-electron chi connectivity index (χ4n) is 5.40. The van der Waals surface area contributed by atoms with E-state index in [9.17, 15) is 9.59 Å². The number of hydrogen-bond donors (Lipinski definition) is 0. The molecular formula is C27H46O4. The lowest BCUT2D eigenvalue weighted by Crippen LogP contribution is -2.29. The Balaban J connectivity index is 1.49. The molecule has 0 aromatic rings. The van der Waals surface area contributed by atoms with Crippen LogP contribution in [0.15, 0.2) is 12.2 Å². The molecule has 2 aliphatic carbocycles. The van der Waals surface area contributed by atoms with E-state index in [-0.39, 0.29) is 17.9 Å². The molecule has 0 heterocycles. The monoisotopic (exact) mass is 434 g/mol. The van der Waals surface area contributed by atoms with Gasteiger partial charge in [-0.1, -0.05) is 45.6 Å². The second-order valence-electron chi connectivity index (χ2n) is 10.0. The normalized spacial score (nSPS) is 26.3. The fraction of sp³-hybridized carbons (Fsp3) is 0.852. The van der Waals surface area contributed by atoms with Gasteiger partial charge in [0.2, 0.25) is 0 Å². The second-order valence-corrected chi connectivity index (χ2v) is 10.0. The van der Waals surface area contributed by atoms with E-state index in [0.29, 0.717) is 18.8 Å². The van der Waals surface area contributed by atoms with Gasteiger partial charge in [0.05, 0.1) is 19.1 Å². The molecule has 2 saturated carbocycles. The molecule has 2 fully saturated rings. The minimum Gasteiger partial charge on any atom is -0.465 e. The quantitative estimate of drug-likeness (QED) is 0.178. The predicted molar refractivity (Wildman–Crippen MR) is 126 cm³/mol. The summed E-state index contributed by atoms with van der Waals surface area (Å²) < 4.78 is 10.6. The van der Waals surface area contributed by atoms with E-state index < -0.39 is 0 Å². The van der Waals surface area contributed by atoms with E-state index >= 15 is 0 Å². The minimum atomic E-state index is -0.316. The number of carbonyl (C=O) groups is 2. The Bertz CT molecular complexity index is 539. The van der Waals surface area contributed by atoms with E-state index in [0.717, 1.165) is 56.3 Å². The first-order valence-electron chi connectivity index (χ1n) is 13.0. The molecule has 4 heteroatoms. The summed E-state index contributed by atoms with van der Waals surface area (Å²) in [5.41, 5.74) is 0.440. The number of unbranched alkanes of at least 4 members (excludes halogenated alkanes) is 4. The molecule has 0 unspecified atom stereocenters. The van der Waals surface area contributed by atoms with Crippen molar-refractivity contribution in [3.8, 4) is 0 Å². The Hall–Kier alpha value is -1.32. The van der Waals surface area contributed by atoms with Crippen LogP contribution in [0.25, 0.3) is 0 Å². The van der Waals surface area contributed by atoms with Gasteiger partial charge >= 0.3 is 11.9 Å². The molecule has 0 aromatic heterocycles. The molecule has 31 heavy (non-hydrogen) atoms. The number of rotatable bonds is 13. The van der Waals surface area contributed by atoms with Crippen LogP contribution in [-0.4, -0.2) is 25.2 Å². The average molecular weight is 435 g/mol. The molecular weight excluding hydrogens is 388 g/mol. The van der Waals surface area contributed by atoms with Crippen LogP contribution in [0.2, 0.25) is 0 Å². The lowest BCUT2D eigenvalue weighted by Gasteiger charge is -2.37. The summed E-state index contributed by atoms with van der Waals surface area (Å²) in [6.45, 7) is 8.47. The molecule has 0 spiro atoms. The highest BCUT2D eigenvalue weighted by atomic mass is 16.5. The summed E-state index contributed by atoms with van der Waals surface area (Å²) in [5, 5.41) is 0. The topological polar surface area (TPSA) is 52.6 Å². The van der Waals surface area contributed by atoms with Gasteiger partial charge in [0, 0.05) is 5.57 Å². The van der Waals surface area contributed by atoms with Gasteiger partial charge in [0.15, 0.2) is 0 Å². The molecule has 0 aliphatic heterocycles. The molecule has 0 aromatic carbocycles. The van der Waals surface area contributed by atoms with Crippen LogP contribution < -0.4 is 0 Å². The van der Waals surface area contributed by atoms with Gasteiger partial charge in [0.25, 0.3) is 0 Å². The molecule has 2 rings (SSSR count). The Kier molecular flexibility index (Phi) is 12.3. The molecule has 0 saturated heterocycles. The van der Waals surface area contributed by atoms with E-state index in [1.54, 1.807) is 6.92 Å². The first kappa shape index (κ1) is 25.9. The Labute approximate surface area is 190 Å². The maximum absolute atomic E-state index is 12.4. The van der Waals surface area contributed by atoms with Crippen LogP contribution >= 0.6 is 0 Å². The smallest absolute Gasteiger partial charge is 0.333 e. The first-order chi connectivity index (χ1) is 15.0. The number of hydrogen-bond acceptors (Lipinski definition) is 4. The molecule has 0 N–H and O–H groups in total. The van der Waals surface area contributed by atoms with Gasteiger partial charge in [-0.2, -0.15) is 0 Å².